The normalized spacial score (nSPS) is 21.9. The SMILES string of the molecule is CCC(N)CC1CCCN(Cc2ccc(C)c(C)c2)C1. The second kappa shape index (κ2) is 7.24. The zero-order valence-electron chi connectivity index (χ0n) is 13.4. The van der Waals surface area contributed by atoms with Crippen LogP contribution in [0.2, 0.25) is 0 Å². The lowest BCUT2D eigenvalue weighted by atomic mass is 9.90. The van der Waals surface area contributed by atoms with Gasteiger partial charge in [0.1, 0.15) is 0 Å². The molecule has 1 aromatic carbocycles. The lowest BCUT2D eigenvalue weighted by Gasteiger charge is -2.34. The van der Waals surface area contributed by atoms with Crippen molar-refractivity contribution in [2.45, 2.75) is 59.0 Å². The lowest BCUT2D eigenvalue weighted by molar-refractivity contribution is 0.156. The zero-order valence-corrected chi connectivity index (χ0v) is 13.4. The monoisotopic (exact) mass is 274 g/mol. The molecule has 2 nitrogen and oxygen atoms in total. The maximum Gasteiger partial charge on any atom is 0.0233 e. The van der Waals surface area contributed by atoms with Crippen molar-refractivity contribution in [1.82, 2.24) is 4.90 Å². The number of likely N-dealkylation sites (tertiary alicyclic amines) is 1. The highest BCUT2D eigenvalue weighted by Crippen LogP contribution is 2.23. The van der Waals surface area contributed by atoms with Crippen molar-refractivity contribution in [3.05, 3.63) is 34.9 Å². The first-order valence-electron chi connectivity index (χ1n) is 8.12. The van der Waals surface area contributed by atoms with E-state index in [0.29, 0.717) is 6.04 Å². The molecule has 0 spiro atoms. The van der Waals surface area contributed by atoms with E-state index in [1.165, 1.54) is 49.0 Å². The van der Waals surface area contributed by atoms with Crippen molar-refractivity contribution < 1.29 is 0 Å². The van der Waals surface area contributed by atoms with E-state index in [4.69, 9.17) is 5.73 Å². The molecule has 1 saturated heterocycles. The highest BCUT2D eigenvalue weighted by Gasteiger charge is 2.21. The first-order chi connectivity index (χ1) is 9.58. The highest BCUT2D eigenvalue weighted by molar-refractivity contribution is 5.29. The van der Waals surface area contributed by atoms with Crippen molar-refractivity contribution in [3.63, 3.8) is 0 Å². The summed E-state index contributed by atoms with van der Waals surface area (Å²) in [6.07, 6.45) is 4.98. The number of rotatable bonds is 5. The van der Waals surface area contributed by atoms with Crippen LogP contribution in [0.25, 0.3) is 0 Å². The smallest absolute Gasteiger partial charge is 0.0233 e. The number of piperidine rings is 1. The minimum absolute atomic E-state index is 0.390. The number of benzene rings is 1. The molecule has 2 rings (SSSR count). The molecule has 0 aromatic heterocycles. The molecule has 1 aromatic rings. The Balaban J connectivity index is 1.90. The fraction of sp³-hybridized carbons (Fsp3) is 0.667. The van der Waals surface area contributed by atoms with Crippen molar-refractivity contribution >= 4 is 0 Å². The fourth-order valence-electron chi connectivity index (χ4n) is 3.24. The van der Waals surface area contributed by atoms with E-state index < -0.39 is 0 Å². The number of hydrogen-bond acceptors (Lipinski definition) is 2. The summed E-state index contributed by atoms with van der Waals surface area (Å²) in [5.41, 5.74) is 10.4. The van der Waals surface area contributed by atoms with Gasteiger partial charge in [0.2, 0.25) is 0 Å². The van der Waals surface area contributed by atoms with Crippen LogP contribution in [0.3, 0.4) is 0 Å². The predicted octanol–water partition coefficient (Wildman–Crippen LogP) is 3.64. The summed E-state index contributed by atoms with van der Waals surface area (Å²) in [7, 11) is 0. The predicted molar refractivity (Wildman–Crippen MR) is 86.8 cm³/mol. The van der Waals surface area contributed by atoms with Crippen LogP contribution in [-0.4, -0.2) is 24.0 Å². The summed E-state index contributed by atoms with van der Waals surface area (Å²) < 4.78 is 0. The third-order valence-electron chi connectivity index (χ3n) is 4.74. The maximum atomic E-state index is 6.12. The van der Waals surface area contributed by atoms with Gasteiger partial charge in [0.25, 0.3) is 0 Å². The Hall–Kier alpha value is -0.860. The fourth-order valence-corrected chi connectivity index (χ4v) is 3.24. The van der Waals surface area contributed by atoms with Crippen LogP contribution in [0, 0.1) is 19.8 Å². The van der Waals surface area contributed by atoms with E-state index in [-0.39, 0.29) is 0 Å². The van der Waals surface area contributed by atoms with Gasteiger partial charge in [0.05, 0.1) is 0 Å². The summed E-state index contributed by atoms with van der Waals surface area (Å²) in [6.45, 7) is 10.1. The molecule has 0 amide bonds. The Morgan fingerprint density at radius 1 is 1.30 bits per heavy atom. The molecule has 2 N–H and O–H groups in total. The number of nitrogens with two attached hydrogens (primary N) is 1. The van der Waals surface area contributed by atoms with Crippen LogP contribution in [0.5, 0.6) is 0 Å². The van der Waals surface area contributed by atoms with E-state index in [2.05, 4.69) is 43.9 Å². The van der Waals surface area contributed by atoms with E-state index in [1.807, 2.05) is 0 Å². The minimum atomic E-state index is 0.390. The lowest BCUT2D eigenvalue weighted by Crippen LogP contribution is -2.37. The van der Waals surface area contributed by atoms with Crippen molar-refractivity contribution in [1.29, 1.82) is 0 Å². The van der Waals surface area contributed by atoms with Crippen LogP contribution in [0.4, 0.5) is 0 Å². The molecule has 2 heteroatoms. The first kappa shape index (κ1) is 15.5. The minimum Gasteiger partial charge on any atom is -0.328 e. The van der Waals surface area contributed by atoms with E-state index in [0.717, 1.165) is 18.9 Å². The van der Waals surface area contributed by atoms with Crippen LogP contribution in [0.1, 0.15) is 49.3 Å². The zero-order chi connectivity index (χ0) is 14.5. The molecule has 1 fully saturated rings. The van der Waals surface area contributed by atoms with Gasteiger partial charge in [-0.2, -0.15) is 0 Å². The molecule has 1 aliphatic rings. The second-order valence-corrected chi connectivity index (χ2v) is 6.57. The summed E-state index contributed by atoms with van der Waals surface area (Å²) >= 11 is 0. The topological polar surface area (TPSA) is 29.3 Å². The van der Waals surface area contributed by atoms with Gasteiger partial charge in [0.15, 0.2) is 0 Å². The Bertz CT molecular complexity index is 427. The summed E-state index contributed by atoms with van der Waals surface area (Å²) in [5.74, 6) is 0.797. The third kappa shape index (κ3) is 4.32. The van der Waals surface area contributed by atoms with Gasteiger partial charge in [0, 0.05) is 19.1 Å². The van der Waals surface area contributed by atoms with Gasteiger partial charge in [-0.15, -0.1) is 0 Å². The second-order valence-electron chi connectivity index (χ2n) is 6.57. The van der Waals surface area contributed by atoms with E-state index in [9.17, 15) is 0 Å². The Morgan fingerprint density at radius 2 is 2.10 bits per heavy atom. The standard InChI is InChI=1S/C18H30N2/c1-4-18(19)11-16-6-5-9-20(12-16)13-17-8-7-14(2)15(3)10-17/h7-8,10,16,18H,4-6,9,11-13,19H2,1-3H3. The van der Waals surface area contributed by atoms with E-state index >= 15 is 0 Å². The van der Waals surface area contributed by atoms with Crippen LogP contribution in [-0.2, 0) is 6.54 Å². The Morgan fingerprint density at radius 3 is 2.80 bits per heavy atom. The largest absolute Gasteiger partial charge is 0.328 e. The summed E-state index contributed by atoms with van der Waals surface area (Å²) in [4.78, 5) is 2.61. The number of hydrogen-bond donors (Lipinski definition) is 1. The molecule has 20 heavy (non-hydrogen) atoms. The molecule has 0 radical (unpaired) electrons. The van der Waals surface area contributed by atoms with Gasteiger partial charge in [-0.05, 0) is 68.7 Å². The van der Waals surface area contributed by atoms with Crippen LogP contribution < -0.4 is 5.73 Å². The molecule has 0 saturated carbocycles. The van der Waals surface area contributed by atoms with Crippen LogP contribution in [0.15, 0.2) is 18.2 Å². The molecular formula is C18H30N2. The molecule has 2 unspecified atom stereocenters. The molecule has 112 valence electrons. The molecule has 0 aliphatic carbocycles. The molecular weight excluding hydrogens is 244 g/mol. The number of nitrogens with zero attached hydrogens (tertiary/aromatic N) is 1. The van der Waals surface area contributed by atoms with Gasteiger partial charge in [-0.3, -0.25) is 4.90 Å². The molecule has 1 aliphatic heterocycles. The molecule has 1 heterocycles. The summed E-state index contributed by atoms with van der Waals surface area (Å²) in [6, 6.07) is 7.26. The third-order valence-corrected chi connectivity index (χ3v) is 4.74. The average Bonchev–Trinajstić information content (AvgIpc) is 2.43. The van der Waals surface area contributed by atoms with Crippen LogP contribution >= 0.6 is 0 Å². The summed E-state index contributed by atoms with van der Waals surface area (Å²) in [5, 5.41) is 0. The Kier molecular flexibility index (Phi) is 5.62. The average molecular weight is 274 g/mol. The van der Waals surface area contributed by atoms with Crippen molar-refractivity contribution in [2.24, 2.45) is 11.7 Å². The van der Waals surface area contributed by atoms with Gasteiger partial charge in [-0.25, -0.2) is 0 Å². The highest BCUT2D eigenvalue weighted by atomic mass is 15.1. The maximum absolute atomic E-state index is 6.12. The van der Waals surface area contributed by atoms with Crippen molar-refractivity contribution in [3.8, 4) is 0 Å². The first-order valence-corrected chi connectivity index (χ1v) is 8.12. The van der Waals surface area contributed by atoms with E-state index in [1.54, 1.807) is 0 Å². The Labute approximate surface area is 124 Å². The molecule has 0 bridgehead atoms. The number of aryl methyl sites for hydroxylation is 2. The van der Waals surface area contributed by atoms with Gasteiger partial charge < -0.3 is 5.73 Å². The van der Waals surface area contributed by atoms with Gasteiger partial charge >= 0.3 is 0 Å². The quantitative estimate of drug-likeness (QED) is 0.888. The molecule has 2 atom stereocenters. The van der Waals surface area contributed by atoms with Gasteiger partial charge in [-0.1, -0.05) is 25.1 Å². The van der Waals surface area contributed by atoms with Crippen molar-refractivity contribution in [2.75, 3.05) is 13.1 Å².